The molecule has 6 rings (SSSR count). The Labute approximate surface area is 217 Å². The van der Waals surface area contributed by atoms with Crippen molar-refractivity contribution in [3.8, 4) is 22.6 Å². The van der Waals surface area contributed by atoms with E-state index in [1.807, 2.05) is 0 Å². The van der Waals surface area contributed by atoms with Crippen molar-refractivity contribution >= 4 is 21.6 Å². The van der Waals surface area contributed by atoms with E-state index < -0.39 is 27.9 Å². The molecule has 3 aromatic rings. The highest BCUT2D eigenvalue weighted by Gasteiger charge is 2.47. The molecule has 2 saturated heterocycles. The van der Waals surface area contributed by atoms with Gasteiger partial charge in [0.2, 0.25) is 10.0 Å². The van der Waals surface area contributed by atoms with Crippen LogP contribution in [0.15, 0.2) is 47.5 Å². The molecule has 11 heteroatoms. The average Bonchev–Trinajstić information content (AvgIpc) is 3.49. The number of alkyl halides is 3. The highest BCUT2D eigenvalue weighted by atomic mass is 35.5. The molecule has 2 N–H and O–H groups in total. The molecule has 37 heavy (non-hydrogen) atoms. The number of hydrogen-bond donors (Lipinski definition) is 2. The quantitative estimate of drug-likeness (QED) is 0.409. The van der Waals surface area contributed by atoms with Crippen molar-refractivity contribution in [2.45, 2.75) is 73.7 Å². The van der Waals surface area contributed by atoms with Gasteiger partial charge in [0.05, 0.1) is 28.6 Å². The van der Waals surface area contributed by atoms with Crippen molar-refractivity contribution in [2.24, 2.45) is 0 Å². The topological polar surface area (TPSA) is 86.3 Å². The van der Waals surface area contributed by atoms with Gasteiger partial charge in [0.25, 0.3) is 0 Å². The first-order valence-corrected chi connectivity index (χ1v) is 14.1. The summed E-state index contributed by atoms with van der Waals surface area (Å²) in [7, 11) is -3.91. The van der Waals surface area contributed by atoms with Crippen molar-refractivity contribution in [3.63, 3.8) is 0 Å². The minimum atomic E-state index is -4.41. The Hall–Kier alpha value is -2.40. The van der Waals surface area contributed by atoms with E-state index in [4.69, 9.17) is 11.6 Å². The summed E-state index contributed by atoms with van der Waals surface area (Å²) in [5.74, 6) is 0.294. The standard InChI is InChI=1S/C26H25ClF3N3O3S/c27-22-8-4-16(10-24(22)37(35,36)33-17-5-6-18(33)12-19(34)11-17)25-31-13-23(32-25)15-3-7-21(26(28,29)30)20(9-15)14-1-2-14/h3-4,7-10,13-14,17-19,34H,1-2,5-6,11-12H2,(H,31,32). The zero-order chi connectivity index (χ0) is 26.1. The zero-order valence-electron chi connectivity index (χ0n) is 19.7. The largest absolute Gasteiger partial charge is 0.416 e. The van der Waals surface area contributed by atoms with Crippen molar-refractivity contribution < 1.29 is 26.7 Å². The monoisotopic (exact) mass is 551 g/mol. The van der Waals surface area contributed by atoms with Gasteiger partial charge >= 0.3 is 6.18 Å². The SMILES string of the molecule is O=S(=O)(c1cc(-c2ncc(-c3ccc(C(F)(F)F)c(C4CC4)c3)[nH]2)ccc1Cl)N1C2CCC1CC(O)C2. The van der Waals surface area contributed by atoms with Crippen LogP contribution >= 0.6 is 11.6 Å². The van der Waals surface area contributed by atoms with Crippen LogP contribution in [0.25, 0.3) is 22.6 Å². The molecular formula is C26H25ClF3N3O3S. The molecular weight excluding hydrogens is 527 g/mol. The first-order valence-electron chi connectivity index (χ1n) is 12.3. The molecule has 0 spiro atoms. The third-order valence-electron chi connectivity index (χ3n) is 7.66. The zero-order valence-corrected chi connectivity index (χ0v) is 21.2. The predicted octanol–water partition coefficient (Wildman–Crippen LogP) is 5.97. The molecule has 2 aliphatic heterocycles. The number of benzene rings is 2. The predicted molar refractivity (Wildman–Crippen MR) is 133 cm³/mol. The van der Waals surface area contributed by atoms with Crippen LogP contribution in [0, 0.1) is 0 Å². The maximum atomic E-state index is 13.6. The fourth-order valence-corrected chi connectivity index (χ4v) is 8.19. The Bertz CT molecular complexity index is 1460. The third kappa shape index (κ3) is 4.47. The van der Waals surface area contributed by atoms with Gasteiger partial charge in [-0.1, -0.05) is 17.7 Å². The smallest absolute Gasteiger partial charge is 0.393 e. The molecule has 6 nitrogen and oxygen atoms in total. The summed E-state index contributed by atoms with van der Waals surface area (Å²) < 4.78 is 69.2. The van der Waals surface area contributed by atoms with E-state index in [9.17, 15) is 26.7 Å². The second-order valence-electron chi connectivity index (χ2n) is 10.2. The van der Waals surface area contributed by atoms with Gasteiger partial charge < -0.3 is 10.1 Å². The second-order valence-corrected chi connectivity index (χ2v) is 12.4. The number of hydrogen-bond acceptors (Lipinski definition) is 4. The number of rotatable bonds is 5. The van der Waals surface area contributed by atoms with E-state index in [1.54, 1.807) is 12.1 Å². The molecule has 2 bridgehead atoms. The summed E-state index contributed by atoms with van der Waals surface area (Å²) in [4.78, 5) is 7.48. The summed E-state index contributed by atoms with van der Waals surface area (Å²) in [5, 5.41) is 10.2. The van der Waals surface area contributed by atoms with Gasteiger partial charge in [-0.25, -0.2) is 13.4 Å². The number of H-pyrrole nitrogens is 1. The van der Waals surface area contributed by atoms with Crippen LogP contribution in [0.1, 0.15) is 55.6 Å². The number of halogens is 4. The molecule has 0 amide bonds. The van der Waals surface area contributed by atoms with Crippen molar-refractivity contribution in [1.29, 1.82) is 0 Å². The molecule has 196 valence electrons. The molecule has 2 aromatic carbocycles. The van der Waals surface area contributed by atoms with Crippen molar-refractivity contribution in [2.75, 3.05) is 0 Å². The molecule has 3 fully saturated rings. The minimum Gasteiger partial charge on any atom is -0.393 e. The first-order chi connectivity index (χ1) is 17.5. The second kappa shape index (κ2) is 8.83. The summed E-state index contributed by atoms with van der Waals surface area (Å²) in [6.45, 7) is 0. The number of aromatic amines is 1. The van der Waals surface area contributed by atoms with E-state index in [0.29, 0.717) is 53.9 Å². The molecule has 0 radical (unpaired) electrons. The van der Waals surface area contributed by atoms with Crippen LogP contribution < -0.4 is 0 Å². The van der Waals surface area contributed by atoms with Gasteiger partial charge in [0.15, 0.2) is 0 Å². The summed E-state index contributed by atoms with van der Waals surface area (Å²) in [6.07, 6.45) is 0.316. The summed E-state index contributed by atoms with van der Waals surface area (Å²) >= 11 is 6.36. The van der Waals surface area contributed by atoms with E-state index in [0.717, 1.165) is 18.9 Å². The molecule has 2 atom stereocenters. The number of nitrogens with one attached hydrogen (secondary N) is 1. The molecule has 3 heterocycles. The van der Waals surface area contributed by atoms with Gasteiger partial charge in [-0.15, -0.1) is 0 Å². The van der Waals surface area contributed by atoms with Gasteiger partial charge in [-0.3, -0.25) is 0 Å². The summed E-state index contributed by atoms with van der Waals surface area (Å²) in [5.41, 5.74) is 1.30. The van der Waals surface area contributed by atoms with Gasteiger partial charge in [-0.05, 0) is 85.9 Å². The normalized spacial score (nSPS) is 24.5. The van der Waals surface area contributed by atoms with Crippen molar-refractivity contribution in [1.82, 2.24) is 14.3 Å². The number of aliphatic hydroxyl groups is 1. The van der Waals surface area contributed by atoms with E-state index >= 15 is 0 Å². The Morgan fingerprint density at radius 2 is 1.68 bits per heavy atom. The highest BCUT2D eigenvalue weighted by molar-refractivity contribution is 7.89. The van der Waals surface area contributed by atoms with Crippen LogP contribution in [-0.4, -0.2) is 46.0 Å². The van der Waals surface area contributed by atoms with Gasteiger partial charge in [0.1, 0.15) is 10.7 Å². The van der Waals surface area contributed by atoms with Crippen LogP contribution in [0.3, 0.4) is 0 Å². The number of imidazole rings is 1. The molecule has 1 aromatic heterocycles. The molecule has 1 aliphatic carbocycles. The third-order valence-corrected chi connectivity index (χ3v) is 10.1. The lowest BCUT2D eigenvalue weighted by Crippen LogP contribution is -2.47. The van der Waals surface area contributed by atoms with E-state index in [1.165, 1.54) is 28.7 Å². The number of nitrogens with zero attached hydrogens (tertiary/aromatic N) is 2. The lowest BCUT2D eigenvalue weighted by Gasteiger charge is -2.36. The maximum absolute atomic E-state index is 13.6. The van der Waals surface area contributed by atoms with Gasteiger partial charge in [0, 0.05) is 17.6 Å². The minimum absolute atomic E-state index is 0.0246. The van der Waals surface area contributed by atoms with Crippen LogP contribution in [0.5, 0.6) is 0 Å². The molecule has 2 unspecified atom stereocenters. The number of fused-ring (bicyclic) bond motifs is 2. The Morgan fingerprint density at radius 1 is 1.00 bits per heavy atom. The maximum Gasteiger partial charge on any atom is 0.416 e. The number of sulfonamides is 1. The van der Waals surface area contributed by atoms with E-state index in [2.05, 4.69) is 9.97 Å². The first kappa shape index (κ1) is 24.9. The van der Waals surface area contributed by atoms with Gasteiger partial charge in [-0.2, -0.15) is 17.5 Å². The van der Waals surface area contributed by atoms with E-state index in [-0.39, 0.29) is 27.9 Å². The summed E-state index contributed by atoms with van der Waals surface area (Å²) in [6, 6.07) is 8.23. The fourth-order valence-electron chi connectivity index (χ4n) is 5.79. The van der Waals surface area contributed by atoms with Crippen LogP contribution in [0.2, 0.25) is 5.02 Å². The lowest BCUT2D eigenvalue weighted by molar-refractivity contribution is -0.138. The highest BCUT2D eigenvalue weighted by Crippen LogP contribution is 2.47. The molecule has 1 saturated carbocycles. The van der Waals surface area contributed by atoms with Crippen LogP contribution in [0.4, 0.5) is 13.2 Å². The van der Waals surface area contributed by atoms with Crippen molar-refractivity contribution in [3.05, 3.63) is 58.7 Å². The number of piperidine rings is 1. The number of aliphatic hydroxyl groups excluding tert-OH is 1. The Kier molecular flexibility index (Phi) is 5.94. The fraction of sp³-hybridized carbons (Fsp3) is 0.423. The average molecular weight is 552 g/mol. The Balaban J connectivity index is 1.33. The Morgan fingerprint density at radius 3 is 2.32 bits per heavy atom. The lowest BCUT2D eigenvalue weighted by atomic mass is 9.98. The molecule has 3 aliphatic rings. The number of aromatic nitrogens is 2. The van der Waals surface area contributed by atoms with Crippen LogP contribution in [-0.2, 0) is 16.2 Å².